The van der Waals surface area contributed by atoms with Crippen LogP contribution >= 0.6 is 0 Å². The fraction of sp³-hybridized carbons (Fsp3) is 0.385. The van der Waals surface area contributed by atoms with Crippen molar-refractivity contribution in [2.75, 3.05) is 13.1 Å². The van der Waals surface area contributed by atoms with Gasteiger partial charge in [0.15, 0.2) is 5.82 Å². The van der Waals surface area contributed by atoms with Gasteiger partial charge in [-0.2, -0.15) is 0 Å². The molecule has 0 bridgehead atoms. The number of rotatable bonds is 4. The summed E-state index contributed by atoms with van der Waals surface area (Å²) in [6.45, 7) is 7.86. The van der Waals surface area contributed by atoms with Crippen molar-refractivity contribution in [3.8, 4) is 0 Å². The SMILES string of the molecule is CC(C)(C)n1nnnc1C(c1cc2ccccc2o1)N1CCC(n2c(=O)[nH]c3ccccc32)CC1. The standard InChI is InChI=1S/C26H29N7O2/c1-26(2,3)33-24(28-29-30-33)23(22-16-17-8-4-7-11-21(17)35-22)31-14-12-18(13-15-31)32-20-10-6-5-9-19(20)27-25(32)34/h4-11,16,18,23H,12-15H2,1-3H3,(H,27,34). The molecule has 2 aromatic carbocycles. The number of tetrazole rings is 1. The van der Waals surface area contributed by atoms with E-state index in [0.29, 0.717) is 0 Å². The van der Waals surface area contributed by atoms with Crippen LogP contribution in [-0.2, 0) is 5.54 Å². The highest BCUT2D eigenvalue weighted by molar-refractivity contribution is 5.78. The molecule has 0 amide bonds. The van der Waals surface area contributed by atoms with Gasteiger partial charge in [-0.3, -0.25) is 9.47 Å². The summed E-state index contributed by atoms with van der Waals surface area (Å²) >= 11 is 0. The van der Waals surface area contributed by atoms with Gasteiger partial charge in [-0.1, -0.05) is 30.3 Å². The third kappa shape index (κ3) is 3.76. The van der Waals surface area contributed by atoms with Crippen molar-refractivity contribution >= 4 is 22.0 Å². The molecule has 0 saturated carbocycles. The average Bonchev–Trinajstić information content (AvgIpc) is 3.56. The number of aromatic amines is 1. The molecule has 35 heavy (non-hydrogen) atoms. The Morgan fingerprint density at radius 2 is 1.80 bits per heavy atom. The predicted octanol–water partition coefficient (Wildman–Crippen LogP) is 4.24. The largest absolute Gasteiger partial charge is 0.459 e. The Morgan fingerprint density at radius 1 is 1.06 bits per heavy atom. The minimum atomic E-state index is -0.279. The van der Waals surface area contributed by atoms with Gasteiger partial charge in [-0.05, 0) is 68.3 Å². The number of aromatic nitrogens is 6. The van der Waals surface area contributed by atoms with Gasteiger partial charge in [-0.25, -0.2) is 9.48 Å². The predicted molar refractivity (Wildman–Crippen MR) is 133 cm³/mol. The Labute approximate surface area is 202 Å². The van der Waals surface area contributed by atoms with Crippen LogP contribution in [0.1, 0.15) is 57.3 Å². The van der Waals surface area contributed by atoms with Gasteiger partial charge >= 0.3 is 5.69 Å². The number of hydrogen-bond acceptors (Lipinski definition) is 6. The number of hydrogen-bond donors (Lipinski definition) is 1. The summed E-state index contributed by atoms with van der Waals surface area (Å²) in [5.74, 6) is 1.59. The number of nitrogens with zero attached hydrogens (tertiary/aromatic N) is 6. The van der Waals surface area contributed by atoms with E-state index >= 15 is 0 Å². The molecule has 9 heteroatoms. The summed E-state index contributed by atoms with van der Waals surface area (Å²) in [6, 6.07) is 17.9. The van der Waals surface area contributed by atoms with Crippen LogP contribution in [0.3, 0.4) is 0 Å². The van der Waals surface area contributed by atoms with Gasteiger partial charge in [0.2, 0.25) is 0 Å². The monoisotopic (exact) mass is 471 g/mol. The van der Waals surface area contributed by atoms with Crippen LogP contribution in [0.25, 0.3) is 22.0 Å². The third-order valence-corrected chi connectivity index (χ3v) is 6.94. The molecule has 0 aliphatic carbocycles. The highest BCUT2D eigenvalue weighted by atomic mass is 16.3. The van der Waals surface area contributed by atoms with E-state index in [4.69, 9.17) is 4.42 Å². The van der Waals surface area contributed by atoms with E-state index in [2.05, 4.69) is 58.3 Å². The first kappa shape index (κ1) is 21.8. The zero-order valence-corrected chi connectivity index (χ0v) is 20.2. The molecule has 180 valence electrons. The normalized spacial score (nSPS) is 16.9. The van der Waals surface area contributed by atoms with Crippen molar-refractivity contribution in [1.82, 2.24) is 34.7 Å². The maximum Gasteiger partial charge on any atom is 0.326 e. The van der Waals surface area contributed by atoms with Crippen molar-refractivity contribution in [1.29, 1.82) is 0 Å². The Morgan fingerprint density at radius 3 is 2.57 bits per heavy atom. The minimum Gasteiger partial charge on any atom is -0.459 e. The Bertz CT molecular complexity index is 1510. The molecule has 1 aliphatic heterocycles. The maximum absolute atomic E-state index is 12.8. The summed E-state index contributed by atoms with van der Waals surface area (Å²) in [7, 11) is 0. The van der Waals surface area contributed by atoms with E-state index in [1.54, 1.807) is 0 Å². The number of imidazole rings is 1. The topological polar surface area (TPSA) is 97.8 Å². The summed E-state index contributed by atoms with van der Waals surface area (Å²) in [4.78, 5) is 18.1. The molecule has 0 spiro atoms. The molecule has 5 aromatic rings. The summed E-state index contributed by atoms with van der Waals surface area (Å²) < 4.78 is 10.1. The van der Waals surface area contributed by atoms with Gasteiger partial charge in [0.05, 0.1) is 16.6 Å². The molecule has 6 rings (SSSR count). The number of furan rings is 1. The van der Waals surface area contributed by atoms with Gasteiger partial charge in [0.1, 0.15) is 17.4 Å². The number of fused-ring (bicyclic) bond motifs is 2. The second-order valence-corrected chi connectivity index (χ2v) is 10.3. The van der Waals surface area contributed by atoms with E-state index in [1.807, 2.05) is 51.7 Å². The van der Waals surface area contributed by atoms with Crippen LogP contribution in [0.4, 0.5) is 0 Å². The molecule has 0 radical (unpaired) electrons. The molecule has 1 aliphatic rings. The van der Waals surface area contributed by atoms with Crippen LogP contribution in [-0.4, -0.2) is 47.7 Å². The molecule has 9 nitrogen and oxygen atoms in total. The summed E-state index contributed by atoms with van der Waals surface area (Å²) in [5, 5.41) is 13.9. The molecular weight excluding hydrogens is 442 g/mol. The molecule has 1 saturated heterocycles. The van der Waals surface area contributed by atoms with E-state index in [-0.39, 0.29) is 23.3 Å². The lowest BCUT2D eigenvalue weighted by atomic mass is 10.0. The molecule has 1 N–H and O–H groups in total. The number of benzene rings is 2. The van der Waals surface area contributed by atoms with Crippen LogP contribution in [0.15, 0.2) is 63.8 Å². The lowest BCUT2D eigenvalue weighted by molar-refractivity contribution is 0.130. The fourth-order valence-corrected chi connectivity index (χ4v) is 5.29. The number of likely N-dealkylation sites (tertiary alicyclic amines) is 1. The van der Waals surface area contributed by atoms with Crippen molar-refractivity contribution in [2.24, 2.45) is 0 Å². The van der Waals surface area contributed by atoms with E-state index in [9.17, 15) is 4.79 Å². The fourth-order valence-electron chi connectivity index (χ4n) is 5.29. The van der Waals surface area contributed by atoms with Gasteiger partial charge in [0, 0.05) is 24.5 Å². The summed E-state index contributed by atoms with van der Waals surface area (Å²) in [5.41, 5.74) is 2.36. The number of piperidine rings is 1. The Kier molecular flexibility index (Phi) is 5.10. The van der Waals surface area contributed by atoms with Crippen molar-refractivity contribution < 1.29 is 4.42 Å². The lowest BCUT2D eigenvalue weighted by Gasteiger charge is -2.37. The third-order valence-electron chi connectivity index (χ3n) is 6.94. The number of H-pyrrole nitrogens is 1. The molecule has 3 aromatic heterocycles. The van der Waals surface area contributed by atoms with Crippen LogP contribution in [0, 0.1) is 0 Å². The van der Waals surface area contributed by atoms with E-state index in [1.165, 1.54) is 0 Å². The lowest BCUT2D eigenvalue weighted by Crippen LogP contribution is -2.41. The number of nitrogens with one attached hydrogen (secondary N) is 1. The molecule has 1 unspecified atom stereocenters. The van der Waals surface area contributed by atoms with E-state index in [0.717, 1.165) is 59.5 Å². The quantitative estimate of drug-likeness (QED) is 0.421. The second-order valence-electron chi connectivity index (χ2n) is 10.3. The minimum absolute atomic E-state index is 0.0461. The Balaban J connectivity index is 1.36. The number of para-hydroxylation sites is 3. The van der Waals surface area contributed by atoms with E-state index < -0.39 is 0 Å². The van der Waals surface area contributed by atoms with Crippen LogP contribution < -0.4 is 5.69 Å². The average molecular weight is 472 g/mol. The molecule has 1 fully saturated rings. The van der Waals surface area contributed by atoms with Gasteiger partial charge < -0.3 is 9.40 Å². The first-order chi connectivity index (χ1) is 16.9. The van der Waals surface area contributed by atoms with Gasteiger partial charge in [0.25, 0.3) is 0 Å². The second kappa shape index (κ2) is 8.20. The smallest absolute Gasteiger partial charge is 0.326 e. The summed E-state index contributed by atoms with van der Waals surface area (Å²) in [6.07, 6.45) is 1.69. The molecule has 1 atom stereocenters. The van der Waals surface area contributed by atoms with Crippen molar-refractivity contribution in [3.63, 3.8) is 0 Å². The van der Waals surface area contributed by atoms with Crippen LogP contribution in [0.5, 0.6) is 0 Å². The zero-order valence-electron chi connectivity index (χ0n) is 20.2. The first-order valence-corrected chi connectivity index (χ1v) is 12.1. The first-order valence-electron chi connectivity index (χ1n) is 12.1. The highest BCUT2D eigenvalue weighted by Gasteiger charge is 2.36. The highest BCUT2D eigenvalue weighted by Crippen LogP contribution is 2.36. The van der Waals surface area contributed by atoms with Crippen LogP contribution in [0.2, 0.25) is 0 Å². The Hall–Kier alpha value is -3.72. The van der Waals surface area contributed by atoms with Crippen molar-refractivity contribution in [2.45, 2.75) is 51.2 Å². The maximum atomic E-state index is 12.8. The zero-order chi connectivity index (χ0) is 24.2. The molecule has 4 heterocycles. The molecular formula is C26H29N7O2. The van der Waals surface area contributed by atoms with Gasteiger partial charge in [-0.15, -0.1) is 5.10 Å². The van der Waals surface area contributed by atoms with Crippen molar-refractivity contribution in [3.05, 3.63) is 76.7 Å².